The van der Waals surface area contributed by atoms with Crippen molar-refractivity contribution in [2.45, 2.75) is 59.4 Å². The quantitative estimate of drug-likeness (QED) is 0.360. The number of hydrogen-bond acceptors (Lipinski definition) is 4. The summed E-state index contributed by atoms with van der Waals surface area (Å²) in [5.74, 6) is -1.81. The number of aliphatic carboxylic acids is 1. The van der Waals surface area contributed by atoms with Crippen LogP contribution in [0, 0.1) is 40.5 Å². The molecule has 7 nitrogen and oxygen atoms in total. The Balaban J connectivity index is 1.86. The molecule has 0 saturated carbocycles. The highest BCUT2D eigenvalue weighted by Crippen LogP contribution is 2.31. The van der Waals surface area contributed by atoms with Gasteiger partial charge in [0.15, 0.2) is 0 Å². The molecule has 3 aromatic rings. The van der Waals surface area contributed by atoms with E-state index in [4.69, 9.17) is 0 Å². The highest BCUT2D eigenvalue weighted by molar-refractivity contribution is 7.92. The van der Waals surface area contributed by atoms with Crippen LogP contribution in [0.3, 0.4) is 0 Å². The van der Waals surface area contributed by atoms with Gasteiger partial charge in [0, 0.05) is 11.3 Å². The van der Waals surface area contributed by atoms with Gasteiger partial charge >= 0.3 is 5.97 Å². The molecule has 0 aromatic heterocycles. The van der Waals surface area contributed by atoms with Crippen molar-refractivity contribution in [3.63, 3.8) is 0 Å². The number of nitrogens with one attached hydrogen (secondary N) is 2. The molecule has 0 spiro atoms. The molecule has 0 heterocycles. The molecule has 1 amide bonds. The van der Waals surface area contributed by atoms with Gasteiger partial charge < -0.3 is 10.4 Å². The first-order valence-corrected chi connectivity index (χ1v) is 13.6. The molecule has 0 radical (unpaired) electrons. The summed E-state index contributed by atoms with van der Waals surface area (Å²) >= 11 is 0. The summed E-state index contributed by atoms with van der Waals surface area (Å²) < 4.78 is 29.6. The number of carboxylic acid groups (broad SMARTS) is 1. The number of carbonyl (C=O) groups excluding carboxylic acids is 1. The van der Waals surface area contributed by atoms with Crippen LogP contribution in [0.25, 0.3) is 11.1 Å². The van der Waals surface area contributed by atoms with E-state index in [-0.39, 0.29) is 5.92 Å². The van der Waals surface area contributed by atoms with E-state index in [1.165, 1.54) is 0 Å². The van der Waals surface area contributed by atoms with Gasteiger partial charge in [-0.2, -0.15) is 0 Å². The van der Waals surface area contributed by atoms with Crippen molar-refractivity contribution in [3.05, 3.63) is 81.9 Å². The largest absolute Gasteiger partial charge is 0.480 e. The number of carboxylic acids is 1. The fourth-order valence-corrected chi connectivity index (χ4v) is 6.04. The molecule has 3 rings (SSSR count). The van der Waals surface area contributed by atoms with Crippen LogP contribution < -0.4 is 10.0 Å². The Bertz CT molecular complexity index is 1430. The fourth-order valence-electron chi connectivity index (χ4n) is 4.39. The molecule has 0 fully saturated rings. The standard InChI is InChI=1S/C29H34N2O5S/c1-16(2)26(29(33)34)30-28(32)23-13-11-22(12-14-23)24-9-8-10-25(15-24)31-37(35,36)27-20(6)18(4)17(3)19(5)21(27)7/h8-16,26,31H,1-7H3,(H,30,32)(H,33,34). The second-order valence-electron chi connectivity index (χ2n) is 9.75. The van der Waals surface area contributed by atoms with Crippen LogP contribution in [0.4, 0.5) is 5.69 Å². The lowest BCUT2D eigenvalue weighted by molar-refractivity contribution is -0.140. The molecule has 0 saturated heterocycles. The van der Waals surface area contributed by atoms with E-state index in [2.05, 4.69) is 10.0 Å². The predicted molar refractivity (Wildman–Crippen MR) is 147 cm³/mol. The molecule has 3 aromatic carbocycles. The lowest BCUT2D eigenvalue weighted by atomic mass is 9.95. The molecule has 1 unspecified atom stereocenters. The Morgan fingerprint density at radius 1 is 0.784 bits per heavy atom. The SMILES string of the molecule is Cc1c(C)c(C)c(S(=O)(=O)Nc2cccc(-c3ccc(C(=O)NC(C(=O)O)C(C)C)cc3)c2)c(C)c1C. The summed E-state index contributed by atoms with van der Waals surface area (Å²) in [6.07, 6.45) is 0. The van der Waals surface area contributed by atoms with Crippen LogP contribution in [0.2, 0.25) is 0 Å². The number of rotatable bonds is 8. The summed E-state index contributed by atoms with van der Waals surface area (Å²) in [7, 11) is -3.83. The summed E-state index contributed by atoms with van der Waals surface area (Å²) in [5.41, 5.74) is 6.80. The Labute approximate surface area is 219 Å². The number of hydrogen-bond donors (Lipinski definition) is 3. The van der Waals surface area contributed by atoms with Crippen LogP contribution in [-0.4, -0.2) is 31.4 Å². The van der Waals surface area contributed by atoms with Gasteiger partial charge in [-0.1, -0.05) is 38.1 Å². The maximum absolute atomic E-state index is 13.4. The van der Waals surface area contributed by atoms with Gasteiger partial charge in [0.2, 0.25) is 0 Å². The zero-order valence-electron chi connectivity index (χ0n) is 22.3. The molecule has 1 atom stereocenters. The molecular formula is C29H34N2O5S. The van der Waals surface area contributed by atoms with Crippen LogP contribution in [0.1, 0.15) is 52.0 Å². The molecular weight excluding hydrogens is 488 g/mol. The van der Waals surface area contributed by atoms with Crippen molar-refractivity contribution >= 4 is 27.6 Å². The average molecular weight is 523 g/mol. The maximum Gasteiger partial charge on any atom is 0.326 e. The maximum atomic E-state index is 13.4. The summed E-state index contributed by atoms with van der Waals surface area (Å²) in [6.45, 7) is 13.0. The van der Waals surface area contributed by atoms with Crippen molar-refractivity contribution < 1.29 is 23.1 Å². The van der Waals surface area contributed by atoms with Crippen LogP contribution in [0.15, 0.2) is 53.4 Å². The third-order valence-electron chi connectivity index (χ3n) is 7.01. The molecule has 3 N–H and O–H groups in total. The first-order chi connectivity index (χ1) is 17.2. The minimum absolute atomic E-state index is 0.257. The van der Waals surface area contributed by atoms with E-state index < -0.39 is 27.9 Å². The van der Waals surface area contributed by atoms with Crippen LogP contribution >= 0.6 is 0 Å². The second-order valence-corrected chi connectivity index (χ2v) is 11.4. The second kappa shape index (κ2) is 10.8. The summed E-state index contributed by atoms with van der Waals surface area (Å²) in [6, 6.07) is 12.8. The third kappa shape index (κ3) is 5.85. The molecule has 8 heteroatoms. The zero-order chi connectivity index (χ0) is 27.7. The van der Waals surface area contributed by atoms with E-state index in [1.54, 1.807) is 56.3 Å². The van der Waals surface area contributed by atoms with Gasteiger partial charge in [-0.05, 0) is 104 Å². The molecule has 0 aliphatic heterocycles. The van der Waals surface area contributed by atoms with Crippen LogP contribution in [-0.2, 0) is 14.8 Å². The fraction of sp³-hybridized carbons (Fsp3) is 0.310. The van der Waals surface area contributed by atoms with Gasteiger partial charge in [0.05, 0.1) is 4.90 Å². The van der Waals surface area contributed by atoms with E-state index in [9.17, 15) is 23.1 Å². The Kier molecular flexibility index (Phi) is 8.12. The smallest absolute Gasteiger partial charge is 0.326 e. The number of benzene rings is 3. The zero-order valence-corrected chi connectivity index (χ0v) is 23.1. The Morgan fingerprint density at radius 2 is 1.32 bits per heavy atom. The molecule has 37 heavy (non-hydrogen) atoms. The molecule has 0 aliphatic carbocycles. The number of sulfonamides is 1. The Hall–Kier alpha value is -3.65. The topological polar surface area (TPSA) is 113 Å². The normalized spacial score (nSPS) is 12.3. The van der Waals surface area contributed by atoms with Crippen molar-refractivity contribution in [1.82, 2.24) is 5.32 Å². The van der Waals surface area contributed by atoms with Crippen molar-refractivity contribution in [1.29, 1.82) is 0 Å². The van der Waals surface area contributed by atoms with Crippen molar-refractivity contribution in [3.8, 4) is 11.1 Å². The lowest BCUT2D eigenvalue weighted by Gasteiger charge is -2.19. The van der Waals surface area contributed by atoms with E-state index in [0.717, 1.165) is 38.9 Å². The Morgan fingerprint density at radius 3 is 1.84 bits per heavy atom. The monoisotopic (exact) mass is 522 g/mol. The lowest BCUT2D eigenvalue weighted by Crippen LogP contribution is -2.44. The highest BCUT2D eigenvalue weighted by atomic mass is 32.2. The molecule has 0 aliphatic rings. The van der Waals surface area contributed by atoms with Crippen LogP contribution in [0.5, 0.6) is 0 Å². The van der Waals surface area contributed by atoms with Gasteiger partial charge in [0.1, 0.15) is 6.04 Å². The van der Waals surface area contributed by atoms with Gasteiger partial charge in [-0.15, -0.1) is 0 Å². The van der Waals surface area contributed by atoms with Gasteiger partial charge in [0.25, 0.3) is 15.9 Å². The third-order valence-corrected chi connectivity index (χ3v) is 8.67. The summed E-state index contributed by atoms with van der Waals surface area (Å²) in [5, 5.41) is 11.9. The average Bonchev–Trinajstić information content (AvgIpc) is 2.84. The molecule has 196 valence electrons. The van der Waals surface area contributed by atoms with Gasteiger partial charge in [-0.3, -0.25) is 9.52 Å². The van der Waals surface area contributed by atoms with Crippen molar-refractivity contribution in [2.75, 3.05) is 4.72 Å². The minimum atomic E-state index is -3.83. The van der Waals surface area contributed by atoms with E-state index in [0.29, 0.717) is 16.1 Å². The van der Waals surface area contributed by atoms with Gasteiger partial charge in [-0.25, -0.2) is 13.2 Å². The number of anilines is 1. The first kappa shape index (κ1) is 27.9. The molecule has 0 bridgehead atoms. The first-order valence-electron chi connectivity index (χ1n) is 12.1. The van der Waals surface area contributed by atoms with E-state index in [1.807, 2.05) is 40.7 Å². The highest BCUT2D eigenvalue weighted by Gasteiger charge is 2.25. The van der Waals surface area contributed by atoms with Crippen molar-refractivity contribution in [2.24, 2.45) is 5.92 Å². The predicted octanol–water partition coefficient (Wildman–Crippen LogP) is 5.54. The number of amides is 1. The minimum Gasteiger partial charge on any atom is -0.480 e. The number of carbonyl (C=O) groups is 2. The summed E-state index contributed by atoms with van der Waals surface area (Å²) in [4.78, 5) is 24.2. The van der Waals surface area contributed by atoms with E-state index >= 15 is 0 Å².